The first kappa shape index (κ1) is 6.41. The van der Waals surface area contributed by atoms with Gasteiger partial charge in [0.05, 0.1) is 6.10 Å². The fourth-order valence-electron chi connectivity index (χ4n) is 2.04. The van der Waals surface area contributed by atoms with Gasteiger partial charge in [0.15, 0.2) is 0 Å². The van der Waals surface area contributed by atoms with E-state index < -0.39 is 0 Å². The highest BCUT2D eigenvalue weighted by atomic mass is 16.6. The van der Waals surface area contributed by atoms with Crippen molar-refractivity contribution in [2.24, 2.45) is 0 Å². The van der Waals surface area contributed by atoms with E-state index in [-0.39, 0.29) is 5.60 Å². The molecule has 0 amide bonds. The molecule has 0 aromatic rings. The van der Waals surface area contributed by atoms with E-state index in [9.17, 15) is 0 Å². The first-order chi connectivity index (χ1) is 4.76. The lowest BCUT2D eigenvalue weighted by atomic mass is 9.85. The van der Waals surface area contributed by atoms with Gasteiger partial charge < -0.3 is 4.74 Å². The summed E-state index contributed by atoms with van der Waals surface area (Å²) in [5.41, 5.74) is 1.38. The van der Waals surface area contributed by atoms with E-state index in [0.29, 0.717) is 6.10 Å². The van der Waals surface area contributed by atoms with Crippen LogP contribution in [0.1, 0.15) is 32.6 Å². The van der Waals surface area contributed by atoms with Gasteiger partial charge in [-0.15, -0.1) is 0 Å². The van der Waals surface area contributed by atoms with Crippen LogP contribution in [0.3, 0.4) is 0 Å². The molecule has 2 unspecified atom stereocenters. The van der Waals surface area contributed by atoms with Crippen LogP contribution in [-0.2, 0) is 4.74 Å². The highest BCUT2D eigenvalue weighted by Crippen LogP contribution is 2.51. The zero-order valence-corrected chi connectivity index (χ0v) is 6.52. The van der Waals surface area contributed by atoms with Crippen LogP contribution >= 0.6 is 0 Å². The largest absolute Gasteiger partial charge is 0.361 e. The molecule has 2 atom stereocenters. The first-order valence-electron chi connectivity index (χ1n) is 4.09. The molecule has 0 aromatic carbocycles. The van der Waals surface area contributed by atoms with E-state index in [2.05, 4.69) is 13.5 Å². The highest BCUT2D eigenvalue weighted by molar-refractivity contribution is 5.24. The summed E-state index contributed by atoms with van der Waals surface area (Å²) in [5.74, 6) is 0. The summed E-state index contributed by atoms with van der Waals surface area (Å²) in [6, 6.07) is 0. The minimum atomic E-state index is 0.151. The van der Waals surface area contributed by atoms with E-state index in [1.54, 1.807) is 0 Å². The summed E-state index contributed by atoms with van der Waals surface area (Å²) in [6.07, 6.45) is 5.68. The van der Waals surface area contributed by atoms with Crippen LogP contribution in [0.25, 0.3) is 0 Å². The van der Waals surface area contributed by atoms with Gasteiger partial charge in [-0.05, 0) is 25.3 Å². The Balaban J connectivity index is 2.12. The Kier molecular flexibility index (Phi) is 1.19. The highest BCUT2D eigenvalue weighted by Gasteiger charge is 2.57. The fourth-order valence-corrected chi connectivity index (χ4v) is 2.04. The molecule has 1 nitrogen and oxygen atoms in total. The Morgan fingerprint density at radius 1 is 1.60 bits per heavy atom. The molecular formula is C9H14O. The maximum Gasteiger partial charge on any atom is 0.115 e. The molecule has 56 valence electrons. The minimum absolute atomic E-state index is 0.151. The van der Waals surface area contributed by atoms with Gasteiger partial charge in [-0.2, -0.15) is 0 Å². The summed E-state index contributed by atoms with van der Waals surface area (Å²) in [7, 11) is 0. The Hall–Kier alpha value is -0.300. The quantitative estimate of drug-likeness (QED) is 0.400. The molecule has 1 saturated heterocycles. The Morgan fingerprint density at radius 2 is 2.40 bits per heavy atom. The summed E-state index contributed by atoms with van der Waals surface area (Å²) >= 11 is 0. The second-order valence-corrected chi connectivity index (χ2v) is 3.52. The summed E-state index contributed by atoms with van der Waals surface area (Å²) in [6.45, 7) is 6.06. The molecule has 2 fully saturated rings. The van der Waals surface area contributed by atoms with Gasteiger partial charge in [0.25, 0.3) is 0 Å². The number of ether oxygens (including phenoxy) is 1. The smallest absolute Gasteiger partial charge is 0.115 e. The van der Waals surface area contributed by atoms with Crippen molar-refractivity contribution in [2.45, 2.75) is 44.3 Å². The Labute approximate surface area is 62.1 Å². The Morgan fingerprint density at radius 3 is 2.90 bits per heavy atom. The molecule has 10 heavy (non-hydrogen) atoms. The lowest BCUT2D eigenvalue weighted by Gasteiger charge is -2.16. The second-order valence-electron chi connectivity index (χ2n) is 3.52. The van der Waals surface area contributed by atoms with Crippen molar-refractivity contribution in [3.05, 3.63) is 12.2 Å². The average molecular weight is 138 g/mol. The zero-order valence-electron chi connectivity index (χ0n) is 6.52. The molecule has 1 saturated carbocycles. The average Bonchev–Trinajstić information content (AvgIpc) is 2.61. The summed E-state index contributed by atoms with van der Waals surface area (Å²) in [4.78, 5) is 0. The zero-order chi connectivity index (χ0) is 7.19. The fraction of sp³-hybridized carbons (Fsp3) is 0.778. The third-order valence-corrected chi connectivity index (χ3v) is 2.80. The normalized spacial score (nSPS) is 44.3. The van der Waals surface area contributed by atoms with Gasteiger partial charge in [-0.1, -0.05) is 19.4 Å². The van der Waals surface area contributed by atoms with Crippen LogP contribution in [0.5, 0.6) is 0 Å². The molecule has 1 heterocycles. The van der Waals surface area contributed by atoms with Gasteiger partial charge in [0.2, 0.25) is 0 Å². The number of fused-ring (bicyclic) bond motifs is 1. The van der Waals surface area contributed by atoms with E-state index >= 15 is 0 Å². The molecule has 2 rings (SSSR count). The van der Waals surface area contributed by atoms with Crippen molar-refractivity contribution in [1.82, 2.24) is 0 Å². The lowest BCUT2D eigenvalue weighted by molar-refractivity contribution is 0.318. The van der Waals surface area contributed by atoms with Gasteiger partial charge in [0.1, 0.15) is 5.60 Å². The molecule has 1 heteroatoms. The van der Waals surface area contributed by atoms with E-state index in [1.165, 1.54) is 31.3 Å². The number of hydrogen-bond donors (Lipinski definition) is 0. The number of hydrogen-bond acceptors (Lipinski definition) is 1. The van der Waals surface area contributed by atoms with Crippen LogP contribution in [0, 0.1) is 0 Å². The van der Waals surface area contributed by atoms with Crippen molar-refractivity contribution >= 4 is 0 Å². The summed E-state index contributed by atoms with van der Waals surface area (Å²) in [5, 5.41) is 0. The molecule has 2 aliphatic rings. The monoisotopic (exact) mass is 138 g/mol. The van der Waals surface area contributed by atoms with Gasteiger partial charge >= 0.3 is 0 Å². The van der Waals surface area contributed by atoms with Crippen LogP contribution in [0.2, 0.25) is 0 Å². The number of epoxide rings is 1. The SMILES string of the molecule is C=C(C)C12CCCCC1O2. The van der Waals surface area contributed by atoms with Crippen LogP contribution in [0.15, 0.2) is 12.2 Å². The van der Waals surface area contributed by atoms with E-state index in [1.807, 2.05) is 0 Å². The minimum Gasteiger partial charge on any atom is -0.361 e. The molecule has 0 radical (unpaired) electrons. The van der Waals surface area contributed by atoms with Crippen molar-refractivity contribution in [1.29, 1.82) is 0 Å². The molecule has 0 spiro atoms. The maximum absolute atomic E-state index is 5.63. The van der Waals surface area contributed by atoms with Crippen molar-refractivity contribution in [3.8, 4) is 0 Å². The maximum atomic E-state index is 5.63. The van der Waals surface area contributed by atoms with Crippen LogP contribution in [0.4, 0.5) is 0 Å². The predicted molar refractivity (Wildman–Crippen MR) is 40.9 cm³/mol. The molecule has 0 aromatic heterocycles. The molecule has 1 aliphatic carbocycles. The second kappa shape index (κ2) is 1.85. The predicted octanol–water partition coefficient (Wildman–Crippen LogP) is 2.27. The lowest BCUT2D eigenvalue weighted by Crippen LogP contribution is -2.19. The molecule has 0 bridgehead atoms. The first-order valence-corrected chi connectivity index (χ1v) is 4.09. The van der Waals surface area contributed by atoms with Crippen molar-refractivity contribution in [3.63, 3.8) is 0 Å². The van der Waals surface area contributed by atoms with Gasteiger partial charge in [-0.25, -0.2) is 0 Å². The van der Waals surface area contributed by atoms with Crippen LogP contribution in [-0.4, -0.2) is 11.7 Å². The molecular weight excluding hydrogens is 124 g/mol. The third kappa shape index (κ3) is 0.671. The standard InChI is InChI=1S/C9H14O/c1-7(2)9-6-4-3-5-8(9)10-9/h8H,1,3-6H2,2H3. The summed E-state index contributed by atoms with van der Waals surface area (Å²) < 4.78 is 5.63. The van der Waals surface area contributed by atoms with Crippen LogP contribution < -0.4 is 0 Å². The Bertz CT molecular complexity index is 174. The van der Waals surface area contributed by atoms with Crippen molar-refractivity contribution < 1.29 is 4.74 Å². The number of rotatable bonds is 1. The topological polar surface area (TPSA) is 12.5 Å². The van der Waals surface area contributed by atoms with Gasteiger partial charge in [-0.3, -0.25) is 0 Å². The van der Waals surface area contributed by atoms with Crippen molar-refractivity contribution in [2.75, 3.05) is 0 Å². The molecule has 0 N–H and O–H groups in total. The van der Waals surface area contributed by atoms with E-state index in [0.717, 1.165) is 0 Å². The third-order valence-electron chi connectivity index (χ3n) is 2.80. The molecule has 1 aliphatic heterocycles. The van der Waals surface area contributed by atoms with E-state index in [4.69, 9.17) is 4.74 Å². The van der Waals surface area contributed by atoms with Gasteiger partial charge in [0, 0.05) is 0 Å².